The van der Waals surface area contributed by atoms with Crippen LogP contribution in [-0.4, -0.2) is 5.54 Å². The maximum atomic E-state index is 3.77. The molecule has 0 rings (SSSR count). The molecule has 0 aliphatic carbocycles. The van der Waals surface area contributed by atoms with Gasteiger partial charge < -0.3 is 18.1 Å². The highest BCUT2D eigenvalue weighted by molar-refractivity contribution is 4.48. The van der Waals surface area contributed by atoms with Crippen molar-refractivity contribution in [1.82, 2.24) is 0 Å². The summed E-state index contributed by atoms with van der Waals surface area (Å²) in [4.78, 5) is 0. The van der Waals surface area contributed by atoms with Crippen molar-refractivity contribution in [2.45, 2.75) is 26.3 Å². The van der Waals surface area contributed by atoms with E-state index in [0.29, 0.717) is 0 Å². The van der Waals surface area contributed by atoms with Crippen LogP contribution in [0.1, 0.15) is 20.8 Å². The Kier molecular flexibility index (Phi) is 3.86. The quantitative estimate of drug-likeness (QED) is 0.346. The highest BCUT2D eigenvalue weighted by Crippen LogP contribution is 1.84. The van der Waals surface area contributed by atoms with Crippen LogP contribution in [0.5, 0.6) is 0 Å². The Morgan fingerprint density at radius 1 is 1.17 bits per heavy atom. The zero-order chi connectivity index (χ0) is 4.50. The van der Waals surface area contributed by atoms with E-state index < -0.39 is 0 Å². The Morgan fingerprint density at radius 2 is 1.17 bits per heavy atom. The van der Waals surface area contributed by atoms with Gasteiger partial charge in [-0.05, 0) is 20.8 Å². The van der Waals surface area contributed by atoms with E-state index in [2.05, 4.69) is 26.5 Å². The molecule has 0 atom stereocenters. The molecule has 0 saturated carbocycles. The van der Waals surface area contributed by atoms with E-state index in [0.717, 1.165) is 0 Å². The van der Waals surface area contributed by atoms with E-state index in [1.165, 1.54) is 0 Å². The lowest BCUT2D eigenvalue weighted by atomic mass is 10.9. The molecule has 0 saturated heterocycles. The Balaban J connectivity index is 0. The van der Waals surface area contributed by atoms with Gasteiger partial charge in [0.15, 0.2) is 0 Å². The average molecular weight is 112 g/mol. The summed E-state index contributed by atoms with van der Waals surface area (Å²) in [5.41, 5.74) is 4.02. The zero-order valence-electron chi connectivity index (χ0n) is 4.59. The maximum absolute atomic E-state index is 3.77. The molecule has 0 aliphatic rings. The van der Waals surface area contributed by atoms with Gasteiger partial charge >= 0.3 is 0 Å². The van der Waals surface area contributed by atoms with Gasteiger partial charge in [0.25, 0.3) is 0 Å². The van der Waals surface area contributed by atoms with Crippen LogP contribution in [0.3, 0.4) is 0 Å². The number of hydrogen-bond donors (Lipinski definition) is 1. The van der Waals surface area contributed by atoms with Crippen LogP contribution in [0, 0.1) is 0 Å². The summed E-state index contributed by atoms with van der Waals surface area (Å²) >= 11 is 0. The molecule has 0 amide bonds. The minimum Gasteiger partial charge on any atom is -1.00 e. The van der Waals surface area contributed by atoms with Gasteiger partial charge in [0.1, 0.15) is 0 Å². The molecular weight excluding hydrogens is 99.5 g/mol. The van der Waals surface area contributed by atoms with Gasteiger partial charge in [-0.25, -0.2) is 0 Å². The van der Waals surface area contributed by atoms with Crippen LogP contribution in [0.2, 0.25) is 0 Å². The van der Waals surface area contributed by atoms with Gasteiger partial charge in [-0.1, -0.05) is 0 Å². The molecular formula is C4H12ClN. The fourth-order valence-corrected chi connectivity index (χ4v) is 0. The number of quaternary nitrogens is 1. The van der Waals surface area contributed by atoms with Crippen LogP contribution < -0.4 is 18.1 Å². The normalized spacial score (nSPS) is 10.0. The highest BCUT2D eigenvalue weighted by atomic mass is 35.5. The second-order valence-corrected chi connectivity index (χ2v) is 2.56. The van der Waals surface area contributed by atoms with Gasteiger partial charge in [0.2, 0.25) is 0 Å². The third-order valence-corrected chi connectivity index (χ3v) is 0. The second-order valence-electron chi connectivity index (χ2n) is 2.56. The number of hydrogen-bond acceptors (Lipinski definition) is 0. The Morgan fingerprint density at radius 3 is 1.17 bits per heavy atom. The summed E-state index contributed by atoms with van der Waals surface area (Å²) in [5.74, 6) is 0. The van der Waals surface area contributed by atoms with Crippen LogP contribution in [0.15, 0.2) is 0 Å². The summed E-state index contributed by atoms with van der Waals surface area (Å²) in [5, 5.41) is 0. The number of rotatable bonds is 0. The molecule has 0 fully saturated rings. The summed E-state index contributed by atoms with van der Waals surface area (Å²) < 4.78 is 0. The zero-order valence-corrected chi connectivity index (χ0v) is 5.34. The Bertz CT molecular complexity index is 23.0. The van der Waals surface area contributed by atoms with E-state index in [4.69, 9.17) is 0 Å². The largest absolute Gasteiger partial charge is 1.00 e. The van der Waals surface area contributed by atoms with E-state index in [9.17, 15) is 0 Å². The van der Waals surface area contributed by atoms with Crippen molar-refractivity contribution in [2.75, 3.05) is 0 Å². The summed E-state index contributed by atoms with van der Waals surface area (Å²) in [6.45, 7) is 6.23. The van der Waals surface area contributed by atoms with Crippen molar-refractivity contribution < 1.29 is 18.1 Å². The smallest absolute Gasteiger partial charge is 0.0860 e. The first-order chi connectivity index (χ1) is 2.00. The van der Waals surface area contributed by atoms with Gasteiger partial charge in [0, 0.05) is 0 Å². The lowest BCUT2D eigenvalue weighted by Crippen LogP contribution is -3.00. The third-order valence-electron chi connectivity index (χ3n) is 0. The molecule has 0 aliphatic heterocycles. The van der Waals surface area contributed by atoms with Crippen LogP contribution in [-0.2, 0) is 0 Å². The SMILES string of the molecule is C[14C](C)(C)[NH3+].[Cl-]. The fraction of sp³-hybridized carbons (Fsp3) is 1.00. The topological polar surface area (TPSA) is 27.6 Å². The highest BCUT2D eigenvalue weighted by Gasteiger charge is 2.00. The monoisotopic (exact) mass is 111 g/mol. The molecule has 0 spiro atoms. The van der Waals surface area contributed by atoms with E-state index in [1.807, 2.05) is 0 Å². The first-order valence-corrected chi connectivity index (χ1v) is 1.85. The molecule has 3 N–H and O–H groups in total. The number of halogens is 1. The minimum atomic E-state index is 0. The average Bonchev–Trinajstić information content (AvgIpc) is 0.722. The van der Waals surface area contributed by atoms with E-state index >= 15 is 0 Å². The van der Waals surface area contributed by atoms with Crippen molar-refractivity contribution in [2.24, 2.45) is 0 Å². The first-order valence-electron chi connectivity index (χ1n) is 1.85. The molecule has 0 aromatic rings. The van der Waals surface area contributed by atoms with Crippen LogP contribution in [0.25, 0.3) is 0 Å². The van der Waals surface area contributed by atoms with Crippen LogP contribution in [0.4, 0.5) is 0 Å². The molecule has 1 nitrogen and oxygen atoms in total. The molecule has 0 radical (unpaired) electrons. The maximum Gasteiger partial charge on any atom is 0.0860 e. The second kappa shape index (κ2) is 2.43. The molecule has 40 valence electrons. The van der Waals surface area contributed by atoms with E-state index in [1.54, 1.807) is 0 Å². The molecule has 0 aromatic carbocycles. The predicted octanol–water partition coefficient (Wildman–Crippen LogP) is -2.97. The predicted molar refractivity (Wildman–Crippen MR) is 22.6 cm³/mol. The van der Waals surface area contributed by atoms with Crippen molar-refractivity contribution in [1.29, 1.82) is 0 Å². The molecule has 0 aromatic heterocycles. The molecule has 0 heterocycles. The van der Waals surface area contributed by atoms with Crippen LogP contribution >= 0.6 is 0 Å². The molecule has 2 heteroatoms. The summed E-state index contributed by atoms with van der Waals surface area (Å²) in [6, 6.07) is 0. The van der Waals surface area contributed by atoms with Gasteiger partial charge in [-0.3, -0.25) is 0 Å². The fourth-order valence-electron chi connectivity index (χ4n) is 0. The first kappa shape index (κ1) is 9.54. The van der Waals surface area contributed by atoms with Gasteiger partial charge in [-0.2, -0.15) is 0 Å². The van der Waals surface area contributed by atoms with Gasteiger partial charge in [0.05, 0.1) is 5.54 Å². The van der Waals surface area contributed by atoms with Gasteiger partial charge in [-0.15, -0.1) is 0 Å². The molecule has 0 bridgehead atoms. The third kappa shape index (κ3) is 718. The van der Waals surface area contributed by atoms with Crippen molar-refractivity contribution in [3.63, 3.8) is 0 Å². The molecule has 0 unspecified atom stereocenters. The molecule has 6 heavy (non-hydrogen) atoms. The lowest BCUT2D eigenvalue weighted by Gasteiger charge is -2.01. The minimum absolute atomic E-state index is 0. The summed E-state index contributed by atoms with van der Waals surface area (Å²) in [7, 11) is 0. The van der Waals surface area contributed by atoms with Crippen molar-refractivity contribution in [3.8, 4) is 0 Å². The van der Waals surface area contributed by atoms with Crippen molar-refractivity contribution >= 4 is 0 Å². The Labute approximate surface area is 45.3 Å². The van der Waals surface area contributed by atoms with Crippen molar-refractivity contribution in [3.05, 3.63) is 0 Å². The summed E-state index contributed by atoms with van der Waals surface area (Å²) in [6.07, 6.45) is 0. The lowest BCUT2D eigenvalue weighted by molar-refractivity contribution is -0.458. The van der Waals surface area contributed by atoms with E-state index in [-0.39, 0.29) is 17.9 Å². The standard InChI is InChI=1S/C4H11N.ClH/c1-4(2,3)5;/h5H2,1-3H3;1H/i4+2;. The Hall–Kier alpha value is 0.250.